The summed E-state index contributed by atoms with van der Waals surface area (Å²) in [5, 5.41) is 3.32. The maximum atomic E-state index is 11.3. The Bertz CT molecular complexity index is 271. The van der Waals surface area contributed by atoms with Crippen molar-refractivity contribution >= 4 is 11.9 Å². The first-order chi connectivity index (χ1) is 7.20. The molecule has 2 rings (SSSR count). The Balaban J connectivity index is 1.68. The van der Waals surface area contributed by atoms with Crippen LogP contribution in [0.2, 0.25) is 0 Å². The minimum absolute atomic E-state index is 0.285. The molecular formula is C9H14N2O4. The molecule has 0 aromatic rings. The highest BCUT2D eigenvalue weighted by Gasteiger charge is 2.36. The third-order valence-electron chi connectivity index (χ3n) is 2.64. The highest BCUT2D eigenvalue weighted by molar-refractivity contribution is 6.32. The SMILES string of the molecule is COC(=O)C(=O)N1CC(NC2COC2)C1. The number of likely N-dealkylation sites (tertiary alicyclic amines) is 1. The van der Waals surface area contributed by atoms with Crippen LogP contribution in [0.4, 0.5) is 0 Å². The second-order valence-electron chi connectivity index (χ2n) is 3.80. The number of carbonyl (C=O) groups is 2. The van der Waals surface area contributed by atoms with E-state index >= 15 is 0 Å². The van der Waals surface area contributed by atoms with Crippen molar-refractivity contribution in [1.82, 2.24) is 10.2 Å². The fourth-order valence-corrected chi connectivity index (χ4v) is 1.63. The van der Waals surface area contributed by atoms with Crippen molar-refractivity contribution in [3.8, 4) is 0 Å². The lowest BCUT2D eigenvalue weighted by Gasteiger charge is -2.42. The van der Waals surface area contributed by atoms with Crippen LogP contribution in [0.3, 0.4) is 0 Å². The number of hydrogen-bond donors (Lipinski definition) is 1. The number of ether oxygens (including phenoxy) is 2. The van der Waals surface area contributed by atoms with Gasteiger partial charge in [0.1, 0.15) is 0 Å². The Kier molecular flexibility index (Phi) is 2.88. The summed E-state index contributed by atoms with van der Waals surface area (Å²) in [6.07, 6.45) is 0. The van der Waals surface area contributed by atoms with Gasteiger partial charge < -0.3 is 19.7 Å². The quantitative estimate of drug-likeness (QED) is 0.441. The summed E-state index contributed by atoms with van der Waals surface area (Å²) in [4.78, 5) is 23.6. The first-order valence-electron chi connectivity index (χ1n) is 4.91. The molecule has 0 unspecified atom stereocenters. The van der Waals surface area contributed by atoms with Gasteiger partial charge in [0.25, 0.3) is 0 Å². The number of nitrogens with one attached hydrogen (secondary N) is 1. The molecule has 6 heteroatoms. The summed E-state index contributed by atoms with van der Waals surface area (Å²) in [7, 11) is 1.21. The Labute approximate surface area is 87.5 Å². The molecule has 0 aromatic heterocycles. The van der Waals surface area contributed by atoms with Gasteiger partial charge in [-0.2, -0.15) is 0 Å². The molecule has 2 saturated heterocycles. The highest BCUT2D eigenvalue weighted by atomic mass is 16.5. The molecule has 0 aliphatic carbocycles. The van der Waals surface area contributed by atoms with Crippen LogP contribution in [0.1, 0.15) is 0 Å². The lowest BCUT2D eigenvalue weighted by atomic mass is 10.1. The van der Waals surface area contributed by atoms with Crippen molar-refractivity contribution < 1.29 is 19.1 Å². The number of amides is 1. The van der Waals surface area contributed by atoms with E-state index in [2.05, 4.69) is 10.1 Å². The normalized spacial score (nSPS) is 21.8. The fraction of sp³-hybridized carbons (Fsp3) is 0.778. The average Bonchev–Trinajstić information content (AvgIpc) is 2.11. The lowest BCUT2D eigenvalue weighted by Crippen LogP contribution is -2.65. The molecule has 1 amide bonds. The Morgan fingerprint density at radius 3 is 2.47 bits per heavy atom. The molecule has 15 heavy (non-hydrogen) atoms. The molecule has 0 atom stereocenters. The number of nitrogens with zero attached hydrogens (tertiary/aromatic N) is 1. The zero-order chi connectivity index (χ0) is 10.8. The van der Waals surface area contributed by atoms with Gasteiger partial charge in [-0.25, -0.2) is 4.79 Å². The van der Waals surface area contributed by atoms with Gasteiger partial charge in [-0.1, -0.05) is 0 Å². The molecule has 0 saturated carbocycles. The molecule has 2 aliphatic heterocycles. The minimum Gasteiger partial charge on any atom is -0.462 e. The number of rotatable bonds is 2. The van der Waals surface area contributed by atoms with E-state index in [1.165, 1.54) is 12.0 Å². The lowest BCUT2D eigenvalue weighted by molar-refractivity contribution is -0.161. The van der Waals surface area contributed by atoms with Crippen LogP contribution in [-0.2, 0) is 19.1 Å². The molecule has 0 bridgehead atoms. The molecule has 0 radical (unpaired) electrons. The number of hydrogen-bond acceptors (Lipinski definition) is 5. The van der Waals surface area contributed by atoms with E-state index in [4.69, 9.17) is 4.74 Å². The van der Waals surface area contributed by atoms with Crippen LogP contribution < -0.4 is 5.32 Å². The average molecular weight is 214 g/mol. The molecule has 0 spiro atoms. The van der Waals surface area contributed by atoms with Gasteiger partial charge in [0, 0.05) is 19.1 Å². The Hall–Kier alpha value is -1.14. The third kappa shape index (κ3) is 2.10. The van der Waals surface area contributed by atoms with Gasteiger partial charge in [0.15, 0.2) is 0 Å². The minimum atomic E-state index is -0.791. The van der Waals surface area contributed by atoms with Crippen molar-refractivity contribution in [2.24, 2.45) is 0 Å². The van der Waals surface area contributed by atoms with Gasteiger partial charge in [0.2, 0.25) is 0 Å². The van der Waals surface area contributed by atoms with Gasteiger partial charge in [-0.3, -0.25) is 4.79 Å². The first-order valence-corrected chi connectivity index (χ1v) is 4.91. The summed E-state index contributed by atoms with van der Waals surface area (Å²) in [6, 6.07) is 0.692. The van der Waals surface area contributed by atoms with Crippen LogP contribution >= 0.6 is 0 Å². The smallest absolute Gasteiger partial charge is 0.396 e. The summed E-state index contributed by atoms with van der Waals surface area (Å²) in [5.41, 5.74) is 0. The molecule has 84 valence electrons. The first kappa shape index (κ1) is 10.4. The van der Waals surface area contributed by atoms with Crippen LogP contribution in [0.5, 0.6) is 0 Å². The van der Waals surface area contributed by atoms with E-state index in [0.717, 1.165) is 13.2 Å². The molecule has 1 N–H and O–H groups in total. The highest BCUT2D eigenvalue weighted by Crippen LogP contribution is 2.11. The standard InChI is InChI=1S/C9H14N2O4/c1-14-9(13)8(12)11-2-6(3-11)10-7-4-15-5-7/h6-7,10H,2-5H2,1H3. The fourth-order valence-electron chi connectivity index (χ4n) is 1.63. The van der Waals surface area contributed by atoms with Crippen molar-refractivity contribution in [3.05, 3.63) is 0 Å². The zero-order valence-corrected chi connectivity index (χ0v) is 8.56. The summed E-state index contributed by atoms with van der Waals surface area (Å²) >= 11 is 0. The van der Waals surface area contributed by atoms with E-state index in [-0.39, 0.29) is 6.04 Å². The topological polar surface area (TPSA) is 67.9 Å². The van der Waals surface area contributed by atoms with E-state index < -0.39 is 11.9 Å². The van der Waals surface area contributed by atoms with Gasteiger partial charge in [0.05, 0.1) is 26.4 Å². The molecule has 2 aliphatic rings. The van der Waals surface area contributed by atoms with Crippen molar-refractivity contribution in [3.63, 3.8) is 0 Å². The zero-order valence-electron chi connectivity index (χ0n) is 8.56. The predicted octanol–water partition coefficient (Wildman–Crippen LogP) is -1.64. The number of methoxy groups -OCH3 is 1. The van der Waals surface area contributed by atoms with Crippen LogP contribution in [0.15, 0.2) is 0 Å². The van der Waals surface area contributed by atoms with Crippen molar-refractivity contribution in [2.45, 2.75) is 12.1 Å². The van der Waals surface area contributed by atoms with E-state index in [1.807, 2.05) is 0 Å². The summed E-state index contributed by atoms with van der Waals surface area (Å²) in [6.45, 7) is 2.62. The van der Waals surface area contributed by atoms with Crippen molar-refractivity contribution in [1.29, 1.82) is 0 Å². The van der Waals surface area contributed by atoms with Gasteiger partial charge in [-0.05, 0) is 0 Å². The molecular weight excluding hydrogens is 200 g/mol. The molecule has 0 aromatic carbocycles. The molecule has 2 heterocycles. The monoisotopic (exact) mass is 214 g/mol. The van der Waals surface area contributed by atoms with Crippen LogP contribution in [-0.4, -0.2) is 62.3 Å². The van der Waals surface area contributed by atoms with E-state index in [1.54, 1.807) is 0 Å². The third-order valence-corrected chi connectivity index (χ3v) is 2.64. The summed E-state index contributed by atoms with van der Waals surface area (Å²) in [5.74, 6) is -1.35. The predicted molar refractivity (Wildman–Crippen MR) is 50.1 cm³/mol. The van der Waals surface area contributed by atoms with E-state index in [9.17, 15) is 9.59 Å². The second-order valence-corrected chi connectivity index (χ2v) is 3.80. The summed E-state index contributed by atoms with van der Waals surface area (Å²) < 4.78 is 9.36. The maximum absolute atomic E-state index is 11.3. The van der Waals surface area contributed by atoms with E-state index in [0.29, 0.717) is 19.1 Å². The van der Waals surface area contributed by atoms with Crippen LogP contribution in [0.25, 0.3) is 0 Å². The largest absolute Gasteiger partial charge is 0.462 e. The second kappa shape index (κ2) is 4.16. The van der Waals surface area contributed by atoms with Gasteiger partial charge in [-0.15, -0.1) is 0 Å². The Morgan fingerprint density at radius 1 is 1.33 bits per heavy atom. The number of esters is 1. The number of carbonyl (C=O) groups excluding carboxylic acids is 2. The Morgan fingerprint density at radius 2 is 2.00 bits per heavy atom. The molecule has 2 fully saturated rings. The maximum Gasteiger partial charge on any atom is 0.396 e. The van der Waals surface area contributed by atoms with Gasteiger partial charge >= 0.3 is 11.9 Å². The molecule has 6 nitrogen and oxygen atoms in total. The van der Waals surface area contributed by atoms with Crippen molar-refractivity contribution in [2.75, 3.05) is 33.4 Å². The van der Waals surface area contributed by atoms with Crippen LogP contribution in [0, 0.1) is 0 Å².